The number of benzene rings is 1. The molecule has 0 radical (unpaired) electrons. The quantitative estimate of drug-likeness (QED) is 0.468. The SMILES string of the molecule is O=CCC1CCN(c2ccc([N+](=O)[O-])cc2F)C1. The van der Waals surface area contributed by atoms with E-state index in [9.17, 15) is 19.3 Å². The molecule has 2 rings (SSSR count). The summed E-state index contributed by atoms with van der Waals surface area (Å²) in [5.74, 6) is -0.340. The maximum absolute atomic E-state index is 13.8. The van der Waals surface area contributed by atoms with Crippen molar-refractivity contribution >= 4 is 17.7 Å². The summed E-state index contributed by atoms with van der Waals surface area (Å²) in [5, 5.41) is 10.5. The average molecular weight is 252 g/mol. The largest absolute Gasteiger partial charge is 0.369 e. The number of halogens is 1. The number of nitro benzene ring substituents is 1. The fourth-order valence-electron chi connectivity index (χ4n) is 2.25. The Morgan fingerprint density at radius 1 is 1.56 bits per heavy atom. The molecule has 1 aromatic carbocycles. The fourth-order valence-corrected chi connectivity index (χ4v) is 2.25. The minimum atomic E-state index is -0.619. The van der Waals surface area contributed by atoms with Crippen molar-refractivity contribution in [1.82, 2.24) is 0 Å². The Morgan fingerprint density at radius 2 is 2.33 bits per heavy atom. The van der Waals surface area contributed by atoms with Gasteiger partial charge in [0.25, 0.3) is 5.69 Å². The van der Waals surface area contributed by atoms with Crippen molar-refractivity contribution in [2.24, 2.45) is 5.92 Å². The molecule has 0 aliphatic carbocycles. The predicted molar refractivity (Wildman–Crippen MR) is 64.1 cm³/mol. The van der Waals surface area contributed by atoms with Crippen LogP contribution >= 0.6 is 0 Å². The Morgan fingerprint density at radius 3 is 2.94 bits per heavy atom. The Kier molecular flexibility index (Phi) is 3.55. The molecule has 0 N–H and O–H groups in total. The second-order valence-electron chi connectivity index (χ2n) is 4.40. The van der Waals surface area contributed by atoms with Gasteiger partial charge in [-0.1, -0.05) is 0 Å². The summed E-state index contributed by atoms with van der Waals surface area (Å²) in [6.07, 6.45) is 2.20. The zero-order chi connectivity index (χ0) is 13.1. The highest BCUT2D eigenvalue weighted by Crippen LogP contribution is 2.29. The van der Waals surface area contributed by atoms with Crippen molar-refractivity contribution in [3.05, 3.63) is 34.1 Å². The molecule has 1 heterocycles. The highest BCUT2D eigenvalue weighted by atomic mass is 19.1. The van der Waals surface area contributed by atoms with Gasteiger partial charge in [-0.2, -0.15) is 0 Å². The van der Waals surface area contributed by atoms with Gasteiger partial charge in [0.1, 0.15) is 6.29 Å². The first-order chi connectivity index (χ1) is 8.61. The summed E-state index contributed by atoms with van der Waals surface area (Å²) in [6.45, 7) is 1.29. The molecule has 5 nitrogen and oxygen atoms in total. The van der Waals surface area contributed by atoms with Crippen LogP contribution in [0.1, 0.15) is 12.8 Å². The number of nitrogens with zero attached hydrogens (tertiary/aromatic N) is 2. The summed E-state index contributed by atoms with van der Waals surface area (Å²) in [6, 6.07) is 3.66. The maximum Gasteiger partial charge on any atom is 0.272 e. The lowest BCUT2D eigenvalue weighted by Gasteiger charge is -2.18. The molecular weight excluding hydrogens is 239 g/mol. The van der Waals surface area contributed by atoms with Gasteiger partial charge < -0.3 is 9.69 Å². The van der Waals surface area contributed by atoms with E-state index in [-0.39, 0.29) is 11.6 Å². The van der Waals surface area contributed by atoms with Crippen LogP contribution in [-0.2, 0) is 4.79 Å². The van der Waals surface area contributed by atoms with Gasteiger partial charge in [0.05, 0.1) is 16.7 Å². The standard InChI is InChI=1S/C12H13FN2O3/c13-11-7-10(15(17)18)1-2-12(11)14-5-3-9(8-14)4-6-16/h1-2,6-7,9H,3-5,8H2. The normalized spacial score (nSPS) is 18.9. The fraction of sp³-hybridized carbons (Fsp3) is 0.417. The zero-order valence-corrected chi connectivity index (χ0v) is 9.71. The number of carbonyl (C=O) groups excluding carboxylic acids is 1. The molecule has 0 bridgehead atoms. The van der Waals surface area contributed by atoms with E-state index in [2.05, 4.69) is 0 Å². The van der Waals surface area contributed by atoms with Gasteiger partial charge in [-0.15, -0.1) is 0 Å². The summed E-state index contributed by atoms with van der Waals surface area (Å²) >= 11 is 0. The van der Waals surface area contributed by atoms with E-state index in [0.717, 1.165) is 18.8 Å². The van der Waals surface area contributed by atoms with E-state index >= 15 is 0 Å². The van der Waals surface area contributed by atoms with Crippen molar-refractivity contribution in [1.29, 1.82) is 0 Å². The van der Waals surface area contributed by atoms with Gasteiger partial charge in [0.15, 0.2) is 5.82 Å². The first kappa shape index (κ1) is 12.5. The summed E-state index contributed by atoms with van der Waals surface area (Å²) in [7, 11) is 0. The summed E-state index contributed by atoms with van der Waals surface area (Å²) in [5.41, 5.74) is 0.119. The highest BCUT2D eigenvalue weighted by molar-refractivity contribution is 5.54. The number of non-ortho nitro benzene ring substituents is 1. The lowest BCUT2D eigenvalue weighted by atomic mass is 10.1. The minimum Gasteiger partial charge on any atom is -0.369 e. The zero-order valence-electron chi connectivity index (χ0n) is 9.71. The number of anilines is 1. The van der Waals surface area contributed by atoms with Crippen LogP contribution in [0.3, 0.4) is 0 Å². The lowest BCUT2D eigenvalue weighted by molar-refractivity contribution is -0.385. The summed E-state index contributed by atoms with van der Waals surface area (Å²) in [4.78, 5) is 22.1. The van der Waals surface area contributed by atoms with E-state index in [1.165, 1.54) is 12.1 Å². The van der Waals surface area contributed by atoms with Crippen molar-refractivity contribution in [2.75, 3.05) is 18.0 Å². The molecule has 96 valence electrons. The third-order valence-electron chi connectivity index (χ3n) is 3.20. The Balaban J connectivity index is 2.15. The Bertz CT molecular complexity index is 478. The molecule has 0 amide bonds. The maximum atomic E-state index is 13.8. The van der Waals surface area contributed by atoms with E-state index in [1.54, 1.807) is 0 Å². The molecule has 1 atom stereocenters. The van der Waals surface area contributed by atoms with E-state index in [4.69, 9.17) is 0 Å². The third-order valence-corrected chi connectivity index (χ3v) is 3.20. The first-order valence-corrected chi connectivity index (χ1v) is 5.74. The van der Waals surface area contributed by atoms with Crippen molar-refractivity contribution in [3.8, 4) is 0 Å². The van der Waals surface area contributed by atoms with Crippen LogP contribution in [0.5, 0.6) is 0 Å². The van der Waals surface area contributed by atoms with Gasteiger partial charge in [0.2, 0.25) is 0 Å². The van der Waals surface area contributed by atoms with Crippen molar-refractivity contribution < 1.29 is 14.1 Å². The van der Waals surface area contributed by atoms with Gasteiger partial charge in [-0.3, -0.25) is 10.1 Å². The van der Waals surface area contributed by atoms with Crippen molar-refractivity contribution in [3.63, 3.8) is 0 Å². The molecule has 1 aliphatic rings. The van der Waals surface area contributed by atoms with Crippen LogP contribution in [0.4, 0.5) is 15.8 Å². The van der Waals surface area contributed by atoms with Crippen LogP contribution in [0.15, 0.2) is 18.2 Å². The minimum absolute atomic E-state index is 0.247. The van der Waals surface area contributed by atoms with Crippen LogP contribution in [0.25, 0.3) is 0 Å². The molecule has 1 saturated heterocycles. The molecule has 0 spiro atoms. The van der Waals surface area contributed by atoms with Gasteiger partial charge in [0, 0.05) is 25.6 Å². The molecular formula is C12H13FN2O3. The average Bonchev–Trinajstić information content (AvgIpc) is 2.77. The molecule has 1 aromatic rings. The number of carbonyl (C=O) groups is 1. The summed E-state index contributed by atoms with van der Waals surface area (Å²) < 4.78 is 13.8. The van der Waals surface area contributed by atoms with Crippen LogP contribution in [0, 0.1) is 21.8 Å². The van der Waals surface area contributed by atoms with Crippen molar-refractivity contribution in [2.45, 2.75) is 12.8 Å². The Hall–Kier alpha value is -1.98. The number of nitro groups is 1. The smallest absolute Gasteiger partial charge is 0.272 e. The van der Waals surface area contributed by atoms with Crippen LogP contribution < -0.4 is 4.90 Å². The molecule has 1 fully saturated rings. The number of aldehydes is 1. The molecule has 6 heteroatoms. The highest BCUT2D eigenvalue weighted by Gasteiger charge is 2.25. The van der Waals surface area contributed by atoms with Crippen LogP contribution in [-0.4, -0.2) is 24.3 Å². The molecule has 0 saturated carbocycles. The third kappa shape index (κ3) is 2.47. The number of hydrogen-bond donors (Lipinski definition) is 0. The number of rotatable bonds is 4. The Labute approximate surface area is 103 Å². The molecule has 1 unspecified atom stereocenters. The predicted octanol–water partition coefficient (Wildman–Crippen LogP) is 2.15. The number of hydrogen-bond acceptors (Lipinski definition) is 4. The molecule has 0 aromatic heterocycles. The van der Waals surface area contributed by atoms with Gasteiger partial charge in [-0.05, 0) is 18.4 Å². The molecule has 1 aliphatic heterocycles. The second kappa shape index (κ2) is 5.12. The van der Waals surface area contributed by atoms with Gasteiger partial charge in [-0.25, -0.2) is 4.39 Å². The second-order valence-corrected chi connectivity index (χ2v) is 4.40. The molecule has 18 heavy (non-hydrogen) atoms. The van der Waals surface area contributed by atoms with E-state index in [0.29, 0.717) is 25.2 Å². The topological polar surface area (TPSA) is 63.5 Å². The lowest BCUT2D eigenvalue weighted by Crippen LogP contribution is -2.20. The van der Waals surface area contributed by atoms with Gasteiger partial charge >= 0.3 is 0 Å². The van der Waals surface area contributed by atoms with E-state index < -0.39 is 10.7 Å². The van der Waals surface area contributed by atoms with Crippen LogP contribution in [0.2, 0.25) is 0 Å². The van der Waals surface area contributed by atoms with E-state index in [1.807, 2.05) is 4.90 Å². The monoisotopic (exact) mass is 252 g/mol. The first-order valence-electron chi connectivity index (χ1n) is 5.74.